The number of thiazole rings is 1. The summed E-state index contributed by atoms with van der Waals surface area (Å²) in [6.45, 7) is 4.98. The molecule has 7 rings (SSSR count). The molecule has 0 radical (unpaired) electrons. The van der Waals surface area contributed by atoms with E-state index in [-0.39, 0.29) is 67.9 Å². The van der Waals surface area contributed by atoms with Crippen LogP contribution in [0.2, 0.25) is 0 Å². The Labute approximate surface area is 320 Å². The maximum atomic E-state index is 13.3. The van der Waals surface area contributed by atoms with Gasteiger partial charge >= 0.3 is 0 Å². The lowest BCUT2D eigenvalue weighted by Gasteiger charge is -2.27. The Kier molecular flexibility index (Phi) is 11.0. The number of fused-ring (bicyclic) bond motifs is 1. The fourth-order valence-electron chi connectivity index (χ4n) is 6.45. The first-order valence-corrected chi connectivity index (χ1v) is 18.8. The smallest absolute Gasteiger partial charge is 0.264 e. The highest BCUT2D eigenvalue weighted by Gasteiger charge is 2.45. The van der Waals surface area contributed by atoms with Crippen LogP contribution >= 0.6 is 11.3 Å². The summed E-state index contributed by atoms with van der Waals surface area (Å²) in [5.74, 6) is -1.24. The van der Waals surface area contributed by atoms with Crippen LogP contribution in [0.15, 0.2) is 54.7 Å². The van der Waals surface area contributed by atoms with Crippen LogP contribution in [0.1, 0.15) is 62.4 Å². The molecule has 1 unspecified atom stereocenters. The molecule has 2 aliphatic heterocycles. The van der Waals surface area contributed by atoms with Gasteiger partial charge in [0.15, 0.2) is 5.13 Å². The average Bonchev–Trinajstić information content (AvgIpc) is 3.90. The lowest BCUT2D eigenvalue weighted by molar-refractivity contribution is -0.136. The number of rotatable bonds is 15. The van der Waals surface area contributed by atoms with E-state index < -0.39 is 29.7 Å². The van der Waals surface area contributed by atoms with Crippen molar-refractivity contribution in [1.82, 2.24) is 20.2 Å². The second-order valence-corrected chi connectivity index (χ2v) is 14.7. The van der Waals surface area contributed by atoms with Crippen LogP contribution in [0.25, 0.3) is 11.3 Å². The number of benzene rings is 2. The van der Waals surface area contributed by atoms with Gasteiger partial charge in [0.25, 0.3) is 11.8 Å². The van der Waals surface area contributed by atoms with E-state index >= 15 is 0 Å². The summed E-state index contributed by atoms with van der Waals surface area (Å²) < 4.78 is 11.5. The van der Waals surface area contributed by atoms with E-state index in [2.05, 4.69) is 31.2 Å². The summed E-state index contributed by atoms with van der Waals surface area (Å²) >= 11 is 1.38. The van der Waals surface area contributed by atoms with E-state index in [0.717, 1.165) is 45.0 Å². The number of hydrogen-bond donors (Lipinski definition) is 4. The molecule has 284 valence electrons. The minimum atomic E-state index is -1.03. The van der Waals surface area contributed by atoms with Crippen LogP contribution in [0, 0.1) is 19.8 Å². The number of amides is 6. The molecule has 0 bridgehead atoms. The highest BCUT2D eigenvalue weighted by molar-refractivity contribution is 7.16. The molecule has 4 N–H and O–H groups in total. The fourth-order valence-corrected chi connectivity index (χ4v) is 7.30. The van der Waals surface area contributed by atoms with Gasteiger partial charge in [-0.25, -0.2) is 9.97 Å². The lowest BCUT2D eigenvalue weighted by atomic mass is 10.0. The van der Waals surface area contributed by atoms with E-state index in [4.69, 9.17) is 9.47 Å². The quantitative estimate of drug-likeness (QED) is 0.0997. The average molecular weight is 766 g/mol. The Morgan fingerprint density at radius 2 is 1.78 bits per heavy atom. The zero-order chi connectivity index (χ0) is 38.6. The van der Waals surface area contributed by atoms with Crippen molar-refractivity contribution in [3.8, 4) is 17.0 Å². The summed E-state index contributed by atoms with van der Waals surface area (Å²) in [7, 11) is 0. The van der Waals surface area contributed by atoms with Gasteiger partial charge in [-0.2, -0.15) is 0 Å². The molecule has 6 amide bonds. The molecule has 3 aliphatic rings. The predicted molar refractivity (Wildman–Crippen MR) is 203 cm³/mol. The molecule has 0 spiro atoms. The van der Waals surface area contributed by atoms with Crippen LogP contribution in [-0.2, 0) is 30.3 Å². The number of ether oxygens (including phenoxy) is 2. The lowest BCUT2D eigenvalue weighted by Crippen LogP contribution is -2.54. The first-order valence-electron chi connectivity index (χ1n) is 18.0. The van der Waals surface area contributed by atoms with Crippen molar-refractivity contribution in [1.29, 1.82) is 0 Å². The van der Waals surface area contributed by atoms with Crippen molar-refractivity contribution < 1.29 is 38.2 Å². The van der Waals surface area contributed by atoms with Crippen LogP contribution in [-0.4, -0.2) is 82.7 Å². The molecule has 55 heavy (non-hydrogen) atoms. The van der Waals surface area contributed by atoms with Crippen molar-refractivity contribution in [2.75, 3.05) is 42.3 Å². The molecule has 1 saturated heterocycles. The van der Waals surface area contributed by atoms with Crippen molar-refractivity contribution in [3.05, 3.63) is 81.9 Å². The zero-order valence-corrected chi connectivity index (χ0v) is 31.0. The van der Waals surface area contributed by atoms with Gasteiger partial charge in [-0.1, -0.05) is 18.2 Å². The molecule has 2 aromatic heterocycles. The number of nitrogens with zero attached hydrogens (tertiary/aromatic N) is 3. The van der Waals surface area contributed by atoms with Crippen LogP contribution in [0.4, 0.5) is 16.6 Å². The van der Waals surface area contributed by atoms with Gasteiger partial charge in [-0.3, -0.25) is 39.0 Å². The Balaban J connectivity index is 0.841. The standard InChI is InChI=1S/C39H39N7O8S/c1-21-17-25(20-41-34(21)45-35(49)24-9-10-24)33-22(2)55-39(44-33)43-31(48)19-23-5-3-6-26(18-23)54-16-15-53-14-13-40-28-8-4-7-27-32(28)38(52)46(37(27)51)29-11-12-30(47)42-36(29)50/h3-8,17-18,20,24,29,40H,9-16,19H2,1-2H3,(H,41,45,49)(H,42,47,50)(H,43,44,48). The number of hydrogen-bond acceptors (Lipinski definition) is 12. The van der Waals surface area contributed by atoms with Crippen molar-refractivity contribution in [2.45, 2.75) is 52.0 Å². The van der Waals surface area contributed by atoms with Crippen molar-refractivity contribution in [3.63, 3.8) is 0 Å². The third kappa shape index (κ3) is 8.55. The summed E-state index contributed by atoms with van der Waals surface area (Å²) in [5.41, 5.74) is 3.95. The molecule has 4 heterocycles. The van der Waals surface area contributed by atoms with Gasteiger partial charge in [0.05, 0.1) is 36.5 Å². The molecule has 1 atom stereocenters. The Morgan fingerprint density at radius 3 is 2.56 bits per heavy atom. The van der Waals surface area contributed by atoms with E-state index in [1.54, 1.807) is 36.5 Å². The number of piperidine rings is 1. The van der Waals surface area contributed by atoms with E-state index in [1.807, 2.05) is 32.0 Å². The second kappa shape index (κ2) is 16.2. The molecule has 1 aliphatic carbocycles. The molecule has 15 nitrogen and oxygen atoms in total. The number of carbonyl (C=O) groups is 6. The van der Waals surface area contributed by atoms with Gasteiger partial charge in [-0.05, 0) is 74.6 Å². The number of aromatic nitrogens is 2. The second-order valence-electron chi connectivity index (χ2n) is 13.5. The van der Waals surface area contributed by atoms with Gasteiger partial charge < -0.3 is 25.4 Å². The monoisotopic (exact) mass is 765 g/mol. The van der Waals surface area contributed by atoms with E-state index in [9.17, 15) is 28.8 Å². The Bertz CT molecular complexity index is 2200. The van der Waals surface area contributed by atoms with Crippen molar-refractivity contribution >= 4 is 63.4 Å². The van der Waals surface area contributed by atoms with Crippen molar-refractivity contribution in [2.24, 2.45) is 5.92 Å². The third-order valence-corrected chi connectivity index (χ3v) is 10.3. The number of aryl methyl sites for hydroxylation is 2. The first-order chi connectivity index (χ1) is 26.5. The molecule has 16 heteroatoms. The van der Waals surface area contributed by atoms with Gasteiger partial charge in [0, 0.05) is 41.2 Å². The first kappa shape index (κ1) is 37.3. The van der Waals surface area contributed by atoms with Crippen LogP contribution in [0.3, 0.4) is 0 Å². The topological polar surface area (TPSA) is 198 Å². The van der Waals surface area contributed by atoms with Crippen LogP contribution in [0.5, 0.6) is 5.75 Å². The minimum absolute atomic E-state index is 0.00324. The predicted octanol–water partition coefficient (Wildman–Crippen LogP) is 4.26. The molecule has 2 aromatic carbocycles. The number of imide groups is 2. The Morgan fingerprint density at radius 1 is 0.964 bits per heavy atom. The molecule has 2 fully saturated rings. The van der Waals surface area contributed by atoms with E-state index in [1.165, 1.54) is 11.3 Å². The Hall–Kier alpha value is -6.00. The molecular weight excluding hydrogens is 727 g/mol. The number of anilines is 3. The summed E-state index contributed by atoms with van der Waals surface area (Å²) in [5, 5.41) is 11.6. The fraction of sp³-hybridized carbons (Fsp3) is 0.333. The molecule has 4 aromatic rings. The van der Waals surface area contributed by atoms with E-state index in [0.29, 0.717) is 28.9 Å². The minimum Gasteiger partial charge on any atom is -0.491 e. The number of nitrogens with one attached hydrogen (secondary N) is 4. The largest absolute Gasteiger partial charge is 0.491 e. The molecular formula is C39H39N7O8S. The number of carbonyl (C=O) groups excluding carboxylic acids is 6. The third-order valence-electron chi connectivity index (χ3n) is 9.37. The van der Waals surface area contributed by atoms with Gasteiger partial charge in [-0.15, -0.1) is 11.3 Å². The number of pyridine rings is 1. The maximum Gasteiger partial charge on any atom is 0.264 e. The summed E-state index contributed by atoms with van der Waals surface area (Å²) in [6, 6.07) is 13.0. The molecule has 1 saturated carbocycles. The normalized spacial score (nSPS) is 16.5. The highest BCUT2D eigenvalue weighted by atomic mass is 32.1. The SMILES string of the molecule is Cc1cc(-c2nc(NC(=O)Cc3cccc(OCCOCCNc4cccc5c4C(=O)N(C4CCC(=O)NC4=O)C5=O)c3)sc2C)cnc1NC(=O)C1CC1. The van der Waals surface area contributed by atoms with Gasteiger partial charge in [0.1, 0.15) is 24.2 Å². The summed E-state index contributed by atoms with van der Waals surface area (Å²) in [6.07, 6.45) is 3.77. The van der Waals surface area contributed by atoms with Crippen LogP contribution < -0.4 is 26.0 Å². The zero-order valence-electron chi connectivity index (χ0n) is 30.2. The highest BCUT2D eigenvalue weighted by Crippen LogP contribution is 2.34. The summed E-state index contributed by atoms with van der Waals surface area (Å²) in [4.78, 5) is 86.3. The van der Waals surface area contributed by atoms with Gasteiger partial charge in [0.2, 0.25) is 23.6 Å². The maximum absolute atomic E-state index is 13.3.